The van der Waals surface area contributed by atoms with Gasteiger partial charge in [0, 0.05) is 23.6 Å². The van der Waals surface area contributed by atoms with E-state index in [2.05, 4.69) is 21.2 Å². The number of nitrogens with zero attached hydrogens (tertiary/aromatic N) is 1. The number of carbonyl (C=O) groups is 1. The molecule has 0 saturated carbocycles. The van der Waals surface area contributed by atoms with Crippen LogP contribution in [-0.2, 0) is 0 Å². The topological polar surface area (TPSA) is 32.3 Å². The third kappa shape index (κ3) is 3.56. The summed E-state index contributed by atoms with van der Waals surface area (Å²) in [7, 11) is 1.88. The number of benzene rings is 1. The number of rotatable bonds is 4. The molecule has 0 radical (unpaired) electrons. The molecule has 1 N–H and O–H groups in total. The van der Waals surface area contributed by atoms with E-state index >= 15 is 0 Å². The summed E-state index contributed by atoms with van der Waals surface area (Å²) in [5.41, 5.74) is 0.747. The molecule has 4 heteroatoms. The first-order valence-electron chi connectivity index (χ1n) is 6.38. The van der Waals surface area contributed by atoms with Gasteiger partial charge in [-0.2, -0.15) is 0 Å². The van der Waals surface area contributed by atoms with Crippen molar-refractivity contribution in [3.63, 3.8) is 0 Å². The molecule has 98 valence electrons. The maximum absolute atomic E-state index is 12.2. The van der Waals surface area contributed by atoms with Crippen molar-refractivity contribution in [3.05, 3.63) is 34.3 Å². The fraction of sp³-hybridized carbons (Fsp3) is 0.500. The number of halogens is 1. The molecule has 1 heterocycles. The van der Waals surface area contributed by atoms with Crippen LogP contribution in [0.4, 0.5) is 0 Å². The van der Waals surface area contributed by atoms with Crippen LogP contribution in [0, 0.1) is 5.92 Å². The second-order valence-corrected chi connectivity index (χ2v) is 5.80. The van der Waals surface area contributed by atoms with Crippen LogP contribution < -0.4 is 5.32 Å². The Morgan fingerprint density at radius 3 is 3.06 bits per heavy atom. The summed E-state index contributed by atoms with van der Waals surface area (Å²) in [5.74, 6) is 0.824. The molecule has 0 bridgehead atoms. The van der Waals surface area contributed by atoms with E-state index in [-0.39, 0.29) is 5.91 Å². The maximum atomic E-state index is 12.2. The Bertz CT molecular complexity index is 416. The molecule has 0 aromatic heterocycles. The molecule has 1 aromatic rings. The summed E-state index contributed by atoms with van der Waals surface area (Å²) >= 11 is 3.39. The molecule has 1 aliphatic heterocycles. The number of carbonyl (C=O) groups excluding carboxylic acids is 1. The molecule has 1 aliphatic rings. The highest BCUT2D eigenvalue weighted by atomic mass is 79.9. The van der Waals surface area contributed by atoms with Crippen molar-refractivity contribution in [2.75, 3.05) is 26.7 Å². The molecule has 0 aliphatic carbocycles. The van der Waals surface area contributed by atoms with Crippen LogP contribution in [0.3, 0.4) is 0 Å². The fourth-order valence-electron chi connectivity index (χ4n) is 2.28. The average Bonchev–Trinajstić information content (AvgIpc) is 2.88. The van der Waals surface area contributed by atoms with Gasteiger partial charge in [0.15, 0.2) is 0 Å². The van der Waals surface area contributed by atoms with E-state index in [9.17, 15) is 4.79 Å². The summed E-state index contributed by atoms with van der Waals surface area (Å²) in [5, 5.41) is 3.35. The fourth-order valence-corrected chi connectivity index (χ4v) is 2.68. The maximum Gasteiger partial charge on any atom is 0.253 e. The largest absolute Gasteiger partial charge is 0.342 e. The Morgan fingerprint density at radius 1 is 1.56 bits per heavy atom. The van der Waals surface area contributed by atoms with E-state index < -0.39 is 0 Å². The summed E-state index contributed by atoms with van der Waals surface area (Å²) < 4.78 is 0.946. The van der Waals surface area contributed by atoms with Crippen LogP contribution in [0.2, 0.25) is 0 Å². The zero-order valence-electron chi connectivity index (χ0n) is 10.7. The highest BCUT2D eigenvalue weighted by Gasteiger charge is 2.17. The minimum atomic E-state index is 0.0993. The Labute approximate surface area is 117 Å². The molecular weight excluding hydrogens is 292 g/mol. The first kappa shape index (κ1) is 13.6. The van der Waals surface area contributed by atoms with Crippen LogP contribution in [0.5, 0.6) is 0 Å². The zero-order chi connectivity index (χ0) is 13.0. The molecular formula is C14H19BrN2O. The summed E-state index contributed by atoms with van der Waals surface area (Å²) in [6.45, 7) is 3.05. The first-order chi connectivity index (χ1) is 8.66. The van der Waals surface area contributed by atoms with Crippen LogP contribution in [0.1, 0.15) is 23.2 Å². The Balaban J connectivity index is 1.87. The van der Waals surface area contributed by atoms with Gasteiger partial charge in [0.25, 0.3) is 5.91 Å². The third-order valence-corrected chi connectivity index (χ3v) is 3.95. The minimum absolute atomic E-state index is 0.0993. The van der Waals surface area contributed by atoms with Crippen LogP contribution in [0.15, 0.2) is 28.7 Å². The number of nitrogens with one attached hydrogen (secondary N) is 1. The van der Waals surface area contributed by atoms with E-state index in [1.807, 2.05) is 36.2 Å². The Kier molecular flexibility index (Phi) is 4.78. The van der Waals surface area contributed by atoms with Crippen molar-refractivity contribution in [1.29, 1.82) is 0 Å². The lowest BCUT2D eigenvalue weighted by atomic mass is 10.0. The van der Waals surface area contributed by atoms with Gasteiger partial charge in [-0.05, 0) is 50.0 Å². The second-order valence-electron chi connectivity index (χ2n) is 4.88. The van der Waals surface area contributed by atoms with E-state index in [1.165, 1.54) is 6.42 Å². The minimum Gasteiger partial charge on any atom is -0.342 e. The van der Waals surface area contributed by atoms with Crippen molar-refractivity contribution in [2.24, 2.45) is 5.92 Å². The lowest BCUT2D eigenvalue weighted by molar-refractivity contribution is 0.0788. The predicted octanol–water partition coefficient (Wildman–Crippen LogP) is 2.52. The molecule has 3 nitrogen and oxygen atoms in total. The average molecular weight is 311 g/mol. The molecule has 0 spiro atoms. The second kappa shape index (κ2) is 6.34. The molecule has 2 rings (SSSR count). The lowest BCUT2D eigenvalue weighted by Gasteiger charge is -2.19. The lowest BCUT2D eigenvalue weighted by Crippen LogP contribution is -2.29. The van der Waals surface area contributed by atoms with Crippen LogP contribution in [-0.4, -0.2) is 37.5 Å². The van der Waals surface area contributed by atoms with Crippen LogP contribution in [0.25, 0.3) is 0 Å². The number of amides is 1. The summed E-state index contributed by atoms with van der Waals surface area (Å²) in [4.78, 5) is 14.0. The molecule has 1 aromatic carbocycles. The van der Waals surface area contributed by atoms with E-state index in [1.54, 1.807) is 0 Å². The SMILES string of the molecule is CN(CCC1CCNC1)C(=O)c1cccc(Br)c1. The van der Waals surface area contributed by atoms with E-state index in [4.69, 9.17) is 0 Å². The third-order valence-electron chi connectivity index (χ3n) is 3.45. The smallest absolute Gasteiger partial charge is 0.253 e. The van der Waals surface area contributed by atoms with Crippen molar-refractivity contribution >= 4 is 21.8 Å². The number of hydrogen-bond donors (Lipinski definition) is 1. The van der Waals surface area contributed by atoms with Gasteiger partial charge in [0.05, 0.1) is 0 Å². The quantitative estimate of drug-likeness (QED) is 0.927. The van der Waals surface area contributed by atoms with Gasteiger partial charge in [0.2, 0.25) is 0 Å². The molecule has 1 fully saturated rings. The summed E-state index contributed by atoms with van der Waals surface area (Å²) in [6, 6.07) is 7.56. The van der Waals surface area contributed by atoms with Crippen molar-refractivity contribution in [1.82, 2.24) is 10.2 Å². The summed E-state index contributed by atoms with van der Waals surface area (Å²) in [6.07, 6.45) is 2.32. The highest BCUT2D eigenvalue weighted by Crippen LogP contribution is 2.15. The van der Waals surface area contributed by atoms with Gasteiger partial charge in [-0.15, -0.1) is 0 Å². The predicted molar refractivity (Wildman–Crippen MR) is 76.7 cm³/mol. The zero-order valence-corrected chi connectivity index (χ0v) is 12.2. The molecule has 1 saturated heterocycles. The highest BCUT2D eigenvalue weighted by molar-refractivity contribution is 9.10. The first-order valence-corrected chi connectivity index (χ1v) is 7.18. The van der Waals surface area contributed by atoms with Gasteiger partial charge in [-0.25, -0.2) is 0 Å². The molecule has 1 unspecified atom stereocenters. The van der Waals surface area contributed by atoms with Gasteiger partial charge in [-0.3, -0.25) is 4.79 Å². The van der Waals surface area contributed by atoms with Gasteiger partial charge in [-0.1, -0.05) is 22.0 Å². The monoisotopic (exact) mass is 310 g/mol. The van der Waals surface area contributed by atoms with Gasteiger partial charge in [0.1, 0.15) is 0 Å². The Hall–Kier alpha value is -0.870. The van der Waals surface area contributed by atoms with E-state index in [0.29, 0.717) is 0 Å². The normalized spacial score (nSPS) is 18.9. The van der Waals surface area contributed by atoms with Crippen LogP contribution >= 0.6 is 15.9 Å². The van der Waals surface area contributed by atoms with Crippen molar-refractivity contribution < 1.29 is 4.79 Å². The van der Waals surface area contributed by atoms with Crippen molar-refractivity contribution in [3.8, 4) is 0 Å². The number of hydrogen-bond acceptors (Lipinski definition) is 2. The van der Waals surface area contributed by atoms with Gasteiger partial charge >= 0.3 is 0 Å². The van der Waals surface area contributed by atoms with Crippen molar-refractivity contribution in [2.45, 2.75) is 12.8 Å². The standard InChI is InChI=1S/C14H19BrN2O/c1-17(8-6-11-5-7-16-10-11)14(18)12-3-2-4-13(15)9-12/h2-4,9,11,16H,5-8,10H2,1H3. The molecule has 1 amide bonds. The molecule has 18 heavy (non-hydrogen) atoms. The van der Waals surface area contributed by atoms with E-state index in [0.717, 1.165) is 42.0 Å². The van der Waals surface area contributed by atoms with Gasteiger partial charge < -0.3 is 10.2 Å². The molecule has 1 atom stereocenters. The Morgan fingerprint density at radius 2 is 2.39 bits per heavy atom.